The van der Waals surface area contributed by atoms with Crippen molar-refractivity contribution in [1.82, 2.24) is 19.1 Å². The lowest BCUT2D eigenvalue weighted by molar-refractivity contribution is 0.628. The van der Waals surface area contributed by atoms with Crippen molar-refractivity contribution in [2.75, 3.05) is 0 Å². The zero-order valence-electron chi connectivity index (χ0n) is 16.8. The third-order valence-electron chi connectivity index (χ3n) is 4.91. The van der Waals surface area contributed by atoms with E-state index in [4.69, 9.17) is 0 Å². The summed E-state index contributed by atoms with van der Waals surface area (Å²) in [7, 11) is 2.80. The topological polar surface area (TPSA) is 102 Å². The van der Waals surface area contributed by atoms with E-state index in [1.807, 2.05) is 30.3 Å². The van der Waals surface area contributed by atoms with Gasteiger partial charge in [0.25, 0.3) is 11.1 Å². The SMILES string of the molecule is Cn1c(=O)c2nc(CC(=Nc3ccc(F)cc3)c3ccccc3)c(=O)[nH]c2n(C)c1=O. The highest BCUT2D eigenvalue weighted by Crippen LogP contribution is 2.16. The van der Waals surface area contributed by atoms with Gasteiger partial charge >= 0.3 is 5.69 Å². The Morgan fingerprint density at radius 2 is 1.68 bits per heavy atom. The molecule has 0 saturated heterocycles. The second-order valence-corrected chi connectivity index (χ2v) is 6.99. The molecule has 156 valence electrons. The van der Waals surface area contributed by atoms with Crippen LogP contribution in [-0.2, 0) is 20.5 Å². The first-order chi connectivity index (χ1) is 14.8. The summed E-state index contributed by atoms with van der Waals surface area (Å²) in [6.45, 7) is 0. The zero-order valence-corrected chi connectivity index (χ0v) is 16.8. The van der Waals surface area contributed by atoms with E-state index in [9.17, 15) is 18.8 Å². The van der Waals surface area contributed by atoms with Crippen LogP contribution in [0.1, 0.15) is 11.3 Å². The third-order valence-corrected chi connectivity index (χ3v) is 4.91. The number of H-pyrrole nitrogens is 1. The second-order valence-electron chi connectivity index (χ2n) is 6.99. The molecule has 2 aromatic heterocycles. The van der Waals surface area contributed by atoms with Crippen molar-refractivity contribution < 1.29 is 4.39 Å². The number of halogens is 1. The molecule has 31 heavy (non-hydrogen) atoms. The molecule has 2 heterocycles. The predicted octanol–water partition coefficient (Wildman–Crippen LogP) is 1.82. The molecule has 0 saturated carbocycles. The molecular weight excluding hydrogens is 401 g/mol. The molecule has 4 rings (SSSR count). The number of aromatic nitrogens is 4. The van der Waals surface area contributed by atoms with Crippen LogP contribution in [0.2, 0.25) is 0 Å². The molecule has 2 aromatic carbocycles. The van der Waals surface area contributed by atoms with Crippen LogP contribution in [0, 0.1) is 5.82 Å². The highest BCUT2D eigenvalue weighted by atomic mass is 19.1. The number of hydrogen-bond acceptors (Lipinski definition) is 5. The lowest BCUT2D eigenvalue weighted by Crippen LogP contribution is -2.39. The summed E-state index contributed by atoms with van der Waals surface area (Å²) < 4.78 is 15.4. The lowest BCUT2D eigenvalue weighted by Gasteiger charge is -2.10. The first-order valence-corrected chi connectivity index (χ1v) is 9.42. The normalized spacial score (nSPS) is 11.8. The Morgan fingerprint density at radius 3 is 2.35 bits per heavy atom. The van der Waals surface area contributed by atoms with E-state index in [1.54, 1.807) is 0 Å². The van der Waals surface area contributed by atoms with Crippen LogP contribution >= 0.6 is 0 Å². The minimum atomic E-state index is -0.604. The number of benzene rings is 2. The van der Waals surface area contributed by atoms with E-state index in [1.165, 1.54) is 42.9 Å². The Hall–Kier alpha value is -4.14. The van der Waals surface area contributed by atoms with Gasteiger partial charge in [0.15, 0.2) is 5.52 Å². The maximum atomic E-state index is 13.3. The van der Waals surface area contributed by atoms with Crippen molar-refractivity contribution in [2.24, 2.45) is 19.1 Å². The quantitative estimate of drug-likeness (QED) is 0.510. The minimum absolute atomic E-state index is 0.0200. The van der Waals surface area contributed by atoms with Gasteiger partial charge in [-0.05, 0) is 29.8 Å². The number of aliphatic imine (C=N–C) groups is 1. The Bertz CT molecular complexity index is 1480. The first kappa shape index (κ1) is 20.1. The highest BCUT2D eigenvalue weighted by molar-refractivity contribution is 6.03. The molecule has 0 bridgehead atoms. The molecule has 0 radical (unpaired) electrons. The van der Waals surface area contributed by atoms with Crippen molar-refractivity contribution in [1.29, 1.82) is 0 Å². The monoisotopic (exact) mass is 419 g/mol. The lowest BCUT2D eigenvalue weighted by atomic mass is 10.1. The van der Waals surface area contributed by atoms with Crippen molar-refractivity contribution in [3.8, 4) is 0 Å². The number of hydrogen-bond donors (Lipinski definition) is 1. The van der Waals surface area contributed by atoms with Gasteiger partial charge in [0, 0.05) is 20.5 Å². The summed E-state index contributed by atoms with van der Waals surface area (Å²) in [5, 5.41) is 0. The van der Waals surface area contributed by atoms with Crippen molar-refractivity contribution in [3.63, 3.8) is 0 Å². The number of nitrogens with zero attached hydrogens (tertiary/aromatic N) is 4. The van der Waals surface area contributed by atoms with Crippen LogP contribution in [0.15, 0.2) is 74.0 Å². The molecule has 9 heteroatoms. The number of aromatic amines is 1. The van der Waals surface area contributed by atoms with Gasteiger partial charge in [0.1, 0.15) is 17.2 Å². The van der Waals surface area contributed by atoms with E-state index in [0.717, 1.165) is 10.1 Å². The predicted molar refractivity (Wildman–Crippen MR) is 116 cm³/mol. The number of nitrogens with one attached hydrogen (secondary N) is 1. The van der Waals surface area contributed by atoms with E-state index >= 15 is 0 Å². The van der Waals surface area contributed by atoms with Crippen molar-refractivity contribution >= 4 is 22.6 Å². The minimum Gasteiger partial charge on any atom is -0.305 e. The fraction of sp³-hybridized carbons (Fsp3) is 0.136. The maximum Gasteiger partial charge on any atom is 0.332 e. The standard InChI is InChI=1S/C22H18FN5O3/c1-27-19-18(21(30)28(2)22(27)31)25-17(20(29)26-19)12-16(13-6-4-3-5-7-13)24-15-10-8-14(23)9-11-15/h3-11H,12H2,1-2H3,(H,26,29). The Morgan fingerprint density at radius 1 is 1.00 bits per heavy atom. The molecule has 0 aliphatic carbocycles. The van der Waals surface area contributed by atoms with Crippen LogP contribution in [0.4, 0.5) is 10.1 Å². The van der Waals surface area contributed by atoms with Gasteiger partial charge in [-0.2, -0.15) is 0 Å². The van der Waals surface area contributed by atoms with Gasteiger partial charge < -0.3 is 4.98 Å². The second kappa shape index (κ2) is 7.94. The van der Waals surface area contributed by atoms with Gasteiger partial charge in [-0.15, -0.1) is 0 Å². The molecule has 0 amide bonds. The van der Waals surface area contributed by atoms with E-state index in [2.05, 4.69) is 15.0 Å². The van der Waals surface area contributed by atoms with Gasteiger partial charge in [-0.25, -0.2) is 14.2 Å². The molecule has 1 N–H and O–H groups in total. The van der Waals surface area contributed by atoms with E-state index in [0.29, 0.717) is 11.4 Å². The molecule has 4 aromatic rings. The zero-order chi connectivity index (χ0) is 22.1. The van der Waals surface area contributed by atoms with Crippen LogP contribution in [-0.4, -0.2) is 24.8 Å². The summed E-state index contributed by atoms with van der Waals surface area (Å²) in [5.41, 5.74) is 0.194. The summed E-state index contributed by atoms with van der Waals surface area (Å²) in [6, 6.07) is 14.8. The van der Waals surface area contributed by atoms with Gasteiger partial charge in [0.05, 0.1) is 11.4 Å². The van der Waals surface area contributed by atoms with Crippen molar-refractivity contribution in [3.05, 3.63) is 103 Å². The average Bonchev–Trinajstić information content (AvgIpc) is 2.78. The summed E-state index contributed by atoms with van der Waals surface area (Å²) in [6.07, 6.45) is 0.0264. The maximum absolute atomic E-state index is 13.3. The fourth-order valence-electron chi connectivity index (χ4n) is 3.22. The van der Waals surface area contributed by atoms with Gasteiger partial charge in [-0.3, -0.25) is 23.7 Å². The van der Waals surface area contributed by atoms with Crippen LogP contribution in [0.5, 0.6) is 0 Å². The van der Waals surface area contributed by atoms with Crippen molar-refractivity contribution in [2.45, 2.75) is 6.42 Å². The Labute approximate surface area is 175 Å². The van der Waals surface area contributed by atoms with E-state index < -0.39 is 16.8 Å². The fourth-order valence-corrected chi connectivity index (χ4v) is 3.22. The third kappa shape index (κ3) is 3.85. The van der Waals surface area contributed by atoms with Gasteiger partial charge in [0.2, 0.25) is 0 Å². The first-order valence-electron chi connectivity index (χ1n) is 9.42. The van der Waals surface area contributed by atoms with Crippen LogP contribution in [0.25, 0.3) is 11.2 Å². The number of aryl methyl sites for hydroxylation is 1. The summed E-state index contributed by atoms with van der Waals surface area (Å²) in [5.74, 6) is -0.380. The number of fused-ring (bicyclic) bond motifs is 1. The molecular formula is C22H18FN5O3. The summed E-state index contributed by atoms with van der Waals surface area (Å²) in [4.78, 5) is 48.8. The number of rotatable bonds is 4. The Balaban J connectivity index is 1.88. The largest absolute Gasteiger partial charge is 0.332 e. The molecule has 0 aliphatic rings. The smallest absolute Gasteiger partial charge is 0.305 e. The Kier molecular flexibility index (Phi) is 5.16. The van der Waals surface area contributed by atoms with Crippen LogP contribution < -0.4 is 16.8 Å². The molecule has 0 aliphatic heterocycles. The van der Waals surface area contributed by atoms with E-state index in [-0.39, 0.29) is 29.1 Å². The molecule has 0 fully saturated rings. The van der Waals surface area contributed by atoms with Gasteiger partial charge in [-0.1, -0.05) is 30.3 Å². The molecule has 0 atom stereocenters. The van der Waals surface area contributed by atoms with Crippen LogP contribution in [0.3, 0.4) is 0 Å². The summed E-state index contributed by atoms with van der Waals surface area (Å²) >= 11 is 0. The molecule has 0 unspecified atom stereocenters. The molecule has 0 spiro atoms. The average molecular weight is 419 g/mol. The molecule has 8 nitrogen and oxygen atoms in total. The highest BCUT2D eigenvalue weighted by Gasteiger charge is 2.16.